The minimum absolute atomic E-state index is 0.0525. The van der Waals surface area contributed by atoms with Crippen LogP contribution in [0.1, 0.15) is 37.8 Å². The Morgan fingerprint density at radius 1 is 1.33 bits per heavy atom. The van der Waals surface area contributed by atoms with Crippen LogP contribution >= 0.6 is 0 Å². The molecule has 21 heavy (non-hydrogen) atoms. The van der Waals surface area contributed by atoms with Crippen LogP contribution in [0.3, 0.4) is 0 Å². The van der Waals surface area contributed by atoms with Crippen molar-refractivity contribution in [2.75, 3.05) is 0 Å². The molecule has 1 aliphatic carbocycles. The first-order valence-electron chi connectivity index (χ1n) is 7.54. The summed E-state index contributed by atoms with van der Waals surface area (Å²) in [6.45, 7) is 6.45. The van der Waals surface area contributed by atoms with Gasteiger partial charge in [-0.15, -0.1) is 0 Å². The van der Waals surface area contributed by atoms with Crippen LogP contribution in [-0.2, 0) is 16.1 Å². The molecule has 1 aromatic carbocycles. The van der Waals surface area contributed by atoms with Crippen molar-refractivity contribution in [3.63, 3.8) is 0 Å². The Kier molecular flexibility index (Phi) is 5.18. The van der Waals surface area contributed by atoms with Crippen molar-refractivity contribution in [1.82, 2.24) is 0 Å². The smallest absolute Gasteiger partial charge is 0.306 e. The van der Waals surface area contributed by atoms with E-state index in [4.69, 9.17) is 4.74 Å². The second-order valence-electron chi connectivity index (χ2n) is 6.10. The number of hydrogen-bond donors (Lipinski definition) is 1. The number of benzene rings is 1. The maximum absolute atomic E-state index is 11.3. The molecule has 0 heterocycles. The highest BCUT2D eigenvalue weighted by molar-refractivity contribution is 5.70. The number of ether oxygens (including phenoxy) is 1. The molecule has 0 amide bonds. The van der Waals surface area contributed by atoms with Crippen LogP contribution in [0.15, 0.2) is 35.9 Å². The van der Waals surface area contributed by atoms with Gasteiger partial charge in [-0.25, -0.2) is 0 Å². The van der Waals surface area contributed by atoms with E-state index in [1.807, 2.05) is 0 Å². The van der Waals surface area contributed by atoms with Crippen LogP contribution in [0.2, 0.25) is 0 Å². The van der Waals surface area contributed by atoms with E-state index in [0.29, 0.717) is 6.61 Å². The van der Waals surface area contributed by atoms with Crippen LogP contribution in [0, 0.1) is 18.8 Å². The van der Waals surface area contributed by atoms with E-state index in [0.717, 1.165) is 18.4 Å². The molecule has 0 fully saturated rings. The zero-order valence-corrected chi connectivity index (χ0v) is 13.0. The van der Waals surface area contributed by atoms with Crippen LogP contribution in [0.4, 0.5) is 0 Å². The number of aryl methyl sites for hydroxylation is 1. The second kappa shape index (κ2) is 6.90. The van der Waals surface area contributed by atoms with Crippen molar-refractivity contribution in [3.05, 3.63) is 47.0 Å². The maximum atomic E-state index is 11.3. The minimum Gasteiger partial charge on any atom is -0.481 e. The molecule has 114 valence electrons. The van der Waals surface area contributed by atoms with Gasteiger partial charge in [-0.1, -0.05) is 48.4 Å². The van der Waals surface area contributed by atoms with E-state index >= 15 is 0 Å². The monoisotopic (exact) mass is 288 g/mol. The number of carbonyl (C=O) groups is 1. The Morgan fingerprint density at radius 2 is 2.00 bits per heavy atom. The Balaban J connectivity index is 2.04. The van der Waals surface area contributed by atoms with E-state index in [2.05, 4.69) is 44.2 Å². The van der Waals surface area contributed by atoms with Gasteiger partial charge in [0.05, 0.1) is 18.6 Å². The zero-order chi connectivity index (χ0) is 15.4. The molecule has 1 aromatic rings. The van der Waals surface area contributed by atoms with Crippen LogP contribution in [0.25, 0.3) is 0 Å². The standard InChI is InChI=1S/C18H24O3/c1-12-4-7-15(8-5-12)11-21-17-10-13(2)6-9-16(17)14(3)18(19)20/h4-5,7-8,10,14,16-17H,6,9,11H2,1-3H3,(H,19,20)/t14-,16-,17-/m0/s1. The lowest BCUT2D eigenvalue weighted by molar-refractivity contribution is -0.145. The molecule has 0 unspecified atom stereocenters. The number of aliphatic carboxylic acids is 1. The van der Waals surface area contributed by atoms with Crippen LogP contribution in [-0.4, -0.2) is 17.2 Å². The summed E-state index contributed by atoms with van der Waals surface area (Å²) in [7, 11) is 0. The average molecular weight is 288 g/mol. The first-order valence-corrected chi connectivity index (χ1v) is 7.54. The Morgan fingerprint density at radius 3 is 2.62 bits per heavy atom. The van der Waals surface area contributed by atoms with Gasteiger partial charge < -0.3 is 9.84 Å². The lowest BCUT2D eigenvalue weighted by atomic mass is 9.79. The molecule has 0 aliphatic heterocycles. The molecule has 0 bridgehead atoms. The second-order valence-corrected chi connectivity index (χ2v) is 6.10. The fourth-order valence-corrected chi connectivity index (χ4v) is 2.81. The van der Waals surface area contributed by atoms with Gasteiger partial charge in [-0.05, 0) is 32.3 Å². The number of rotatable bonds is 5. The van der Waals surface area contributed by atoms with Gasteiger partial charge in [-0.2, -0.15) is 0 Å². The van der Waals surface area contributed by atoms with E-state index < -0.39 is 5.97 Å². The molecule has 0 saturated carbocycles. The van der Waals surface area contributed by atoms with Gasteiger partial charge in [0.15, 0.2) is 0 Å². The highest BCUT2D eigenvalue weighted by atomic mass is 16.5. The van der Waals surface area contributed by atoms with Crippen LogP contribution in [0.5, 0.6) is 0 Å². The lowest BCUT2D eigenvalue weighted by Gasteiger charge is -2.32. The predicted octanol–water partition coefficient (Wildman–Crippen LogP) is 3.96. The number of carboxylic acids is 1. The summed E-state index contributed by atoms with van der Waals surface area (Å²) in [6, 6.07) is 8.25. The van der Waals surface area contributed by atoms with Crippen molar-refractivity contribution >= 4 is 5.97 Å². The molecule has 0 saturated heterocycles. The largest absolute Gasteiger partial charge is 0.481 e. The normalized spacial score (nSPS) is 23.5. The quantitative estimate of drug-likeness (QED) is 0.834. The third kappa shape index (κ3) is 4.18. The van der Waals surface area contributed by atoms with E-state index in [9.17, 15) is 9.90 Å². The summed E-state index contributed by atoms with van der Waals surface area (Å²) >= 11 is 0. The van der Waals surface area contributed by atoms with Crippen LogP contribution < -0.4 is 0 Å². The van der Waals surface area contributed by atoms with E-state index in [1.54, 1.807) is 6.92 Å². The first kappa shape index (κ1) is 15.8. The summed E-state index contributed by atoms with van der Waals surface area (Å²) in [5.41, 5.74) is 3.64. The summed E-state index contributed by atoms with van der Waals surface area (Å²) in [5, 5.41) is 9.26. The Labute approximate surface area is 126 Å². The summed E-state index contributed by atoms with van der Waals surface area (Å²) in [5.74, 6) is -1.06. The molecular formula is C18H24O3. The summed E-state index contributed by atoms with van der Waals surface area (Å²) < 4.78 is 6.02. The molecule has 3 atom stereocenters. The minimum atomic E-state index is -0.739. The molecule has 3 nitrogen and oxygen atoms in total. The molecule has 0 aromatic heterocycles. The van der Waals surface area contributed by atoms with E-state index in [-0.39, 0.29) is 17.9 Å². The molecule has 0 spiro atoms. The van der Waals surface area contributed by atoms with Crippen molar-refractivity contribution in [2.45, 2.75) is 46.3 Å². The lowest BCUT2D eigenvalue weighted by Crippen LogP contribution is -2.34. The third-order valence-electron chi connectivity index (χ3n) is 4.34. The highest BCUT2D eigenvalue weighted by Crippen LogP contribution is 2.32. The van der Waals surface area contributed by atoms with Gasteiger partial charge in [0.1, 0.15) is 0 Å². The van der Waals surface area contributed by atoms with Crippen molar-refractivity contribution < 1.29 is 14.6 Å². The summed E-state index contributed by atoms with van der Waals surface area (Å²) in [6.07, 6.45) is 3.84. The number of carboxylic acid groups (broad SMARTS) is 1. The van der Waals surface area contributed by atoms with Gasteiger partial charge in [-0.3, -0.25) is 4.79 Å². The number of hydrogen-bond acceptors (Lipinski definition) is 2. The third-order valence-corrected chi connectivity index (χ3v) is 4.34. The molecular weight excluding hydrogens is 264 g/mol. The Hall–Kier alpha value is -1.61. The summed E-state index contributed by atoms with van der Waals surface area (Å²) in [4.78, 5) is 11.3. The molecule has 0 radical (unpaired) electrons. The maximum Gasteiger partial charge on any atom is 0.306 e. The molecule has 1 N–H and O–H groups in total. The molecule has 3 heteroatoms. The first-order chi connectivity index (χ1) is 9.97. The van der Waals surface area contributed by atoms with Gasteiger partial charge >= 0.3 is 5.97 Å². The number of allylic oxidation sites excluding steroid dienone is 1. The van der Waals surface area contributed by atoms with Gasteiger partial charge in [0, 0.05) is 5.92 Å². The van der Waals surface area contributed by atoms with E-state index in [1.165, 1.54) is 11.1 Å². The van der Waals surface area contributed by atoms with Gasteiger partial charge in [0.2, 0.25) is 0 Å². The Bertz CT molecular complexity index is 516. The fraction of sp³-hybridized carbons (Fsp3) is 0.500. The van der Waals surface area contributed by atoms with Crippen molar-refractivity contribution in [3.8, 4) is 0 Å². The molecule has 1 aliphatic rings. The van der Waals surface area contributed by atoms with Crippen molar-refractivity contribution in [1.29, 1.82) is 0 Å². The topological polar surface area (TPSA) is 46.5 Å². The predicted molar refractivity (Wildman–Crippen MR) is 83.0 cm³/mol. The molecule has 2 rings (SSSR count). The average Bonchev–Trinajstić information content (AvgIpc) is 2.46. The highest BCUT2D eigenvalue weighted by Gasteiger charge is 2.32. The van der Waals surface area contributed by atoms with Gasteiger partial charge in [0.25, 0.3) is 0 Å². The van der Waals surface area contributed by atoms with Crippen molar-refractivity contribution in [2.24, 2.45) is 11.8 Å². The SMILES string of the molecule is CC1=C[C@H](OCc2ccc(C)cc2)[C@H]([C@H](C)C(=O)O)CC1. The fourth-order valence-electron chi connectivity index (χ4n) is 2.81. The zero-order valence-electron chi connectivity index (χ0n) is 13.0.